The van der Waals surface area contributed by atoms with E-state index in [1.807, 2.05) is 0 Å². The van der Waals surface area contributed by atoms with E-state index in [4.69, 9.17) is 5.73 Å². The third kappa shape index (κ3) is 2.83. The van der Waals surface area contributed by atoms with Crippen LogP contribution in [0.2, 0.25) is 0 Å². The molecule has 13 heavy (non-hydrogen) atoms. The molecule has 1 aromatic carbocycles. The second-order valence-corrected chi connectivity index (χ2v) is 3.32. The number of rotatable bonds is 4. The molecule has 3 N–H and O–H groups in total. The van der Waals surface area contributed by atoms with E-state index in [2.05, 4.69) is 37.4 Å². The molecule has 2 nitrogen and oxygen atoms in total. The van der Waals surface area contributed by atoms with E-state index < -0.39 is 0 Å². The Bertz CT molecular complexity index is 269. The molecule has 0 atom stereocenters. The zero-order valence-corrected chi connectivity index (χ0v) is 8.43. The predicted octanol–water partition coefficient (Wildman–Crippen LogP) is 1.35. The summed E-state index contributed by atoms with van der Waals surface area (Å²) < 4.78 is 0. The van der Waals surface area contributed by atoms with Gasteiger partial charge < -0.3 is 11.1 Å². The summed E-state index contributed by atoms with van der Waals surface area (Å²) in [4.78, 5) is 0. The van der Waals surface area contributed by atoms with Gasteiger partial charge in [0.05, 0.1) is 0 Å². The molecule has 0 radical (unpaired) electrons. The van der Waals surface area contributed by atoms with Crippen LogP contribution in [0.3, 0.4) is 0 Å². The van der Waals surface area contributed by atoms with Crippen molar-refractivity contribution in [2.24, 2.45) is 5.73 Å². The van der Waals surface area contributed by atoms with E-state index in [0.29, 0.717) is 6.54 Å². The maximum absolute atomic E-state index is 5.40. The average Bonchev–Trinajstić information content (AvgIpc) is 2.13. The Labute approximate surface area is 80.1 Å². The molecule has 0 spiro atoms. The van der Waals surface area contributed by atoms with Crippen molar-refractivity contribution in [3.63, 3.8) is 0 Å². The summed E-state index contributed by atoms with van der Waals surface area (Å²) in [5, 5.41) is 3.29. The smallest absolute Gasteiger partial charge is 0.0208 e. The summed E-state index contributed by atoms with van der Waals surface area (Å²) in [6.45, 7) is 6.81. The van der Waals surface area contributed by atoms with Gasteiger partial charge in [0.15, 0.2) is 0 Å². The minimum Gasteiger partial charge on any atom is -0.329 e. The standard InChI is InChI=1S/C11H18N2/c1-9-4-3-5-11(10(9)2)8-13-7-6-12/h3-5,13H,6-8,12H2,1-2H3. The maximum Gasteiger partial charge on any atom is 0.0208 e. The molecule has 0 saturated carbocycles. The molecule has 0 heterocycles. The molecule has 1 aromatic rings. The van der Waals surface area contributed by atoms with Crippen molar-refractivity contribution in [1.29, 1.82) is 0 Å². The molecule has 72 valence electrons. The quantitative estimate of drug-likeness (QED) is 0.683. The van der Waals surface area contributed by atoms with E-state index in [9.17, 15) is 0 Å². The molecule has 0 aliphatic carbocycles. The Morgan fingerprint density at radius 3 is 2.77 bits per heavy atom. The van der Waals surface area contributed by atoms with Gasteiger partial charge in [0.1, 0.15) is 0 Å². The van der Waals surface area contributed by atoms with E-state index >= 15 is 0 Å². The number of benzene rings is 1. The van der Waals surface area contributed by atoms with Crippen molar-refractivity contribution in [3.05, 3.63) is 34.9 Å². The van der Waals surface area contributed by atoms with Gasteiger partial charge in [-0.3, -0.25) is 0 Å². The van der Waals surface area contributed by atoms with E-state index in [-0.39, 0.29) is 0 Å². The molecule has 0 saturated heterocycles. The van der Waals surface area contributed by atoms with Crippen LogP contribution in [0.1, 0.15) is 16.7 Å². The highest BCUT2D eigenvalue weighted by molar-refractivity contribution is 5.32. The van der Waals surface area contributed by atoms with Gasteiger partial charge in [0.2, 0.25) is 0 Å². The third-order valence-corrected chi connectivity index (χ3v) is 2.35. The van der Waals surface area contributed by atoms with Crippen molar-refractivity contribution in [3.8, 4) is 0 Å². The maximum atomic E-state index is 5.40. The molecule has 0 bridgehead atoms. The van der Waals surface area contributed by atoms with Gasteiger partial charge in [0.25, 0.3) is 0 Å². The van der Waals surface area contributed by atoms with Gasteiger partial charge in [0, 0.05) is 19.6 Å². The topological polar surface area (TPSA) is 38.0 Å². The van der Waals surface area contributed by atoms with Gasteiger partial charge >= 0.3 is 0 Å². The molecular formula is C11H18N2. The van der Waals surface area contributed by atoms with Crippen LogP contribution in [0.4, 0.5) is 0 Å². The second kappa shape index (κ2) is 5.00. The lowest BCUT2D eigenvalue weighted by Gasteiger charge is -2.08. The van der Waals surface area contributed by atoms with Crippen molar-refractivity contribution in [2.45, 2.75) is 20.4 Å². The van der Waals surface area contributed by atoms with Gasteiger partial charge in [-0.2, -0.15) is 0 Å². The Morgan fingerprint density at radius 1 is 1.31 bits per heavy atom. The van der Waals surface area contributed by atoms with Crippen LogP contribution in [-0.2, 0) is 6.54 Å². The highest BCUT2D eigenvalue weighted by atomic mass is 14.9. The van der Waals surface area contributed by atoms with Crippen LogP contribution < -0.4 is 11.1 Å². The molecule has 1 rings (SSSR count). The Kier molecular flexibility index (Phi) is 3.93. The van der Waals surface area contributed by atoms with Crippen molar-refractivity contribution in [1.82, 2.24) is 5.32 Å². The molecule has 0 fully saturated rings. The first kappa shape index (κ1) is 10.2. The SMILES string of the molecule is Cc1cccc(CNCCN)c1C. The van der Waals surface area contributed by atoms with Crippen molar-refractivity contribution >= 4 is 0 Å². The molecule has 2 heteroatoms. The fourth-order valence-corrected chi connectivity index (χ4v) is 1.33. The summed E-state index contributed by atoms with van der Waals surface area (Å²) in [6, 6.07) is 6.40. The molecule has 0 aliphatic rings. The summed E-state index contributed by atoms with van der Waals surface area (Å²) in [5.41, 5.74) is 9.50. The minimum absolute atomic E-state index is 0.699. The first-order chi connectivity index (χ1) is 6.25. The monoisotopic (exact) mass is 178 g/mol. The van der Waals surface area contributed by atoms with Gasteiger partial charge in [-0.15, -0.1) is 0 Å². The predicted molar refractivity (Wildman–Crippen MR) is 56.7 cm³/mol. The van der Waals surface area contributed by atoms with Crippen LogP contribution in [0.25, 0.3) is 0 Å². The van der Waals surface area contributed by atoms with Crippen LogP contribution in [-0.4, -0.2) is 13.1 Å². The fourth-order valence-electron chi connectivity index (χ4n) is 1.33. The van der Waals surface area contributed by atoms with Crippen LogP contribution in [0.5, 0.6) is 0 Å². The molecule has 0 amide bonds. The van der Waals surface area contributed by atoms with E-state index in [1.165, 1.54) is 16.7 Å². The van der Waals surface area contributed by atoms with Crippen LogP contribution >= 0.6 is 0 Å². The summed E-state index contributed by atoms with van der Waals surface area (Å²) in [7, 11) is 0. The lowest BCUT2D eigenvalue weighted by molar-refractivity contribution is 0.692. The molecular weight excluding hydrogens is 160 g/mol. The number of hydrogen-bond donors (Lipinski definition) is 2. The Hall–Kier alpha value is -0.860. The zero-order valence-electron chi connectivity index (χ0n) is 8.43. The van der Waals surface area contributed by atoms with Crippen molar-refractivity contribution < 1.29 is 0 Å². The summed E-state index contributed by atoms with van der Waals surface area (Å²) in [5.74, 6) is 0. The lowest BCUT2D eigenvalue weighted by Crippen LogP contribution is -2.22. The Morgan fingerprint density at radius 2 is 2.08 bits per heavy atom. The molecule has 0 aliphatic heterocycles. The number of nitrogens with two attached hydrogens (primary N) is 1. The second-order valence-electron chi connectivity index (χ2n) is 3.32. The summed E-state index contributed by atoms with van der Waals surface area (Å²) >= 11 is 0. The first-order valence-corrected chi connectivity index (χ1v) is 4.71. The normalized spacial score (nSPS) is 10.4. The van der Waals surface area contributed by atoms with Gasteiger partial charge in [-0.25, -0.2) is 0 Å². The number of hydrogen-bond acceptors (Lipinski definition) is 2. The Balaban J connectivity index is 2.61. The lowest BCUT2D eigenvalue weighted by atomic mass is 10.0. The van der Waals surface area contributed by atoms with E-state index in [1.54, 1.807) is 0 Å². The minimum atomic E-state index is 0.699. The number of aryl methyl sites for hydroxylation is 1. The highest BCUT2D eigenvalue weighted by Crippen LogP contribution is 2.11. The highest BCUT2D eigenvalue weighted by Gasteiger charge is 1.98. The van der Waals surface area contributed by atoms with Crippen LogP contribution in [0, 0.1) is 13.8 Å². The van der Waals surface area contributed by atoms with Gasteiger partial charge in [-0.1, -0.05) is 18.2 Å². The van der Waals surface area contributed by atoms with E-state index in [0.717, 1.165) is 13.1 Å². The fraction of sp³-hybridized carbons (Fsp3) is 0.455. The molecule has 0 unspecified atom stereocenters. The summed E-state index contributed by atoms with van der Waals surface area (Å²) in [6.07, 6.45) is 0. The number of nitrogens with one attached hydrogen (secondary N) is 1. The zero-order chi connectivity index (χ0) is 9.68. The average molecular weight is 178 g/mol. The molecule has 0 aromatic heterocycles. The van der Waals surface area contributed by atoms with Gasteiger partial charge in [-0.05, 0) is 30.5 Å². The van der Waals surface area contributed by atoms with Crippen LogP contribution in [0.15, 0.2) is 18.2 Å². The largest absolute Gasteiger partial charge is 0.329 e. The first-order valence-electron chi connectivity index (χ1n) is 4.71. The third-order valence-electron chi connectivity index (χ3n) is 2.35. The van der Waals surface area contributed by atoms with Crippen molar-refractivity contribution in [2.75, 3.05) is 13.1 Å².